The quantitative estimate of drug-likeness (QED) is 0.487. The van der Waals surface area contributed by atoms with E-state index in [1.807, 2.05) is 18.8 Å². The van der Waals surface area contributed by atoms with Crippen molar-refractivity contribution in [2.24, 2.45) is 0 Å². The van der Waals surface area contributed by atoms with Crippen LogP contribution < -0.4 is 0 Å². The molecule has 1 aliphatic rings. The van der Waals surface area contributed by atoms with Gasteiger partial charge in [-0.05, 0) is 0 Å². The first-order chi connectivity index (χ1) is 6.97. The molecule has 92 valence electrons. The molecule has 1 saturated heterocycles. The molecule has 2 unspecified atom stereocenters. The Kier molecular flexibility index (Phi) is 13.7. The molecule has 0 aliphatic carbocycles. The summed E-state index contributed by atoms with van der Waals surface area (Å²) in [5, 5.41) is 4.57. The van der Waals surface area contributed by atoms with Crippen LogP contribution in [0.15, 0.2) is 24.3 Å². The van der Waals surface area contributed by atoms with Gasteiger partial charge in [0.2, 0.25) is 0 Å². The predicted octanol–water partition coefficient (Wildman–Crippen LogP) is 4.02. The van der Waals surface area contributed by atoms with Gasteiger partial charge in [-0.25, -0.2) is 0 Å². The molecule has 0 amide bonds. The number of benzene rings is 1. The maximum atomic E-state index is 4.57. The fraction of sp³-hybridized carbons (Fsp3) is 0.462. The molecule has 2 rings (SSSR count). The molecule has 3 heteroatoms. The van der Waals surface area contributed by atoms with Crippen molar-refractivity contribution in [2.45, 2.75) is 25.3 Å². The Balaban J connectivity index is 0. The van der Waals surface area contributed by atoms with Gasteiger partial charge in [0.15, 0.2) is 0 Å². The van der Waals surface area contributed by atoms with Gasteiger partial charge in [-0.15, -0.1) is 21.8 Å². The molecule has 1 aromatic rings. The van der Waals surface area contributed by atoms with Gasteiger partial charge in [-0.3, -0.25) is 0 Å². The van der Waals surface area contributed by atoms with E-state index in [0.29, 0.717) is 6.04 Å². The van der Waals surface area contributed by atoms with Gasteiger partial charge < -0.3 is 12.7 Å². The zero-order chi connectivity index (χ0) is 10.2. The van der Waals surface area contributed by atoms with Crippen molar-refractivity contribution in [1.82, 2.24) is 0 Å². The number of hydrogen-bond donors (Lipinski definition) is 0. The molecule has 1 aromatic carbocycles. The van der Waals surface area contributed by atoms with Gasteiger partial charge in [-0.1, -0.05) is 25.9 Å². The molecule has 0 N–H and O–H groups in total. The first kappa shape index (κ1) is 18.6. The van der Waals surface area contributed by atoms with Crippen LogP contribution in [0.25, 0.3) is 5.32 Å². The summed E-state index contributed by atoms with van der Waals surface area (Å²) in [4.78, 5) is 0. The maximum Gasteiger partial charge on any atom is 3.00 e. The molecule has 0 aromatic heterocycles. The third-order valence-corrected chi connectivity index (χ3v) is 2.33. The van der Waals surface area contributed by atoms with E-state index in [1.54, 1.807) is 0 Å². The van der Waals surface area contributed by atoms with Gasteiger partial charge in [0.25, 0.3) is 0 Å². The molecule has 2 atom stereocenters. The van der Waals surface area contributed by atoms with E-state index in [1.165, 1.54) is 24.8 Å². The molecule has 0 bridgehead atoms. The summed E-state index contributed by atoms with van der Waals surface area (Å²) in [6.45, 7) is 2.95. The van der Waals surface area contributed by atoms with Gasteiger partial charge in [0.1, 0.15) is 0 Å². The van der Waals surface area contributed by atoms with Crippen molar-refractivity contribution in [3.8, 4) is 0 Å². The molecular formula is C13H21IrNP. The normalized spacial score (nSPS) is 18.2. The molecule has 0 saturated carbocycles. The number of hydrogen-bond acceptors (Lipinski definition) is 0. The summed E-state index contributed by atoms with van der Waals surface area (Å²) in [6, 6.07) is 11.8. The summed E-state index contributed by atoms with van der Waals surface area (Å²) in [5.74, 6) is 0. The fourth-order valence-electron chi connectivity index (χ4n) is 1.66. The molecule has 16 heavy (non-hydrogen) atoms. The van der Waals surface area contributed by atoms with E-state index >= 15 is 0 Å². The third-order valence-electron chi connectivity index (χ3n) is 2.33. The van der Waals surface area contributed by atoms with E-state index in [2.05, 4.69) is 32.8 Å². The summed E-state index contributed by atoms with van der Waals surface area (Å²) >= 11 is 0. The zero-order valence-electron chi connectivity index (χ0n) is 10.1. The largest absolute Gasteiger partial charge is 3.00 e. The van der Waals surface area contributed by atoms with Crippen LogP contribution in [0, 0.1) is 13.5 Å². The average Bonchev–Trinajstić information content (AvgIpc) is 2.34. The van der Waals surface area contributed by atoms with Crippen LogP contribution in [0.4, 0.5) is 0 Å². The molecule has 1 aliphatic heterocycles. The molecule has 0 radical (unpaired) electrons. The second-order valence-corrected chi connectivity index (χ2v) is 3.24. The van der Waals surface area contributed by atoms with Crippen LogP contribution in [0.5, 0.6) is 0 Å². The van der Waals surface area contributed by atoms with Crippen LogP contribution in [0.2, 0.25) is 0 Å². The summed E-state index contributed by atoms with van der Waals surface area (Å²) < 4.78 is 0. The second-order valence-electron chi connectivity index (χ2n) is 3.24. The minimum absolute atomic E-state index is 0. The smallest absolute Gasteiger partial charge is 0.657 e. The van der Waals surface area contributed by atoms with Crippen LogP contribution in [0.3, 0.4) is 0 Å². The second kappa shape index (κ2) is 11.7. The third kappa shape index (κ3) is 6.11. The molecule has 0 spiro atoms. The number of nitrogens with zero attached hydrogens (tertiary/aromatic N) is 1. The van der Waals surface area contributed by atoms with Gasteiger partial charge in [0.05, 0.1) is 0 Å². The summed E-state index contributed by atoms with van der Waals surface area (Å²) in [6.07, 6.45) is 3.79. The van der Waals surface area contributed by atoms with E-state index < -0.39 is 0 Å². The topological polar surface area (TPSA) is 14.1 Å². The van der Waals surface area contributed by atoms with E-state index in [4.69, 9.17) is 0 Å². The van der Waals surface area contributed by atoms with Crippen LogP contribution in [-0.4, -0.2) is 13.2 Å². The Labute approximate surface area is 116 Å². The van der Waals surface area contributed by atoms with Crippen molar-refractivity contribution in [3.63, 3.8) is 0 Å². The Morgan fingerprint density at radius 3 is 2.56 bits per heavy atom. The number of piperidine rings is 1. The molecular weight excluding hydrogens is 393 g/mol. The minimum atomic E-state index is 0. The Morgan fingerprint density at radius 2 is 2.06 bits per heavy atom. The Hall–Kier alpha value is 0.259. The van der Waals surface area contributed by atoms with Crippen molar-refractivity contribution in [1.29, 1.82) is 0 Å². The van der Waals surface area contributed by atoms with Crippen LogP contribution >= 0.6 is 9.24 Å². The van der Waals surface area contributed by atoms with Gasteiger partial charge >= 0.3 is 20.1 Å². The van der Waals surface area contributed by atoms with E-state index in [0.717, 1.165) is 6.54 Å². The van der Waals surface area contributed by atoms with Crippen molar-refractivity contribution >= 4 is 9.24 Å². The van der Waals surface area contributed by atoms with Gasteiger partial charge in [-0.2, -0.15) is 35.9 Å². The molecule has 1 nitrogen and oxygen atoms in total. The first-order valence-electron chi connectivity index (χ1n) is 5.18. The van der Waals surface area contributed by atoms with Crippen LogP contribution in [0.1, 0.15) is 30.9 Å². The van der Waals surface area contributed by atoms with Crippen molar-refractivity contribution in [2.75, 3.05) is 13.2 Å². The summed E-state index contributed by atoms with van der Waals surface area (Å²) in [5.41, 5.74) is 1.26. The maximum absolute atomic E-state index is 4.57. The van der Waals surface area contributed by atoms with Gasteiger partial charge in [0, 0.05) is 0 Å². The number of rotatable bonds is 1. The minimum Gasteiger partial charge on any atom is -0.657 e. The van der Waals surface area contributed by atoms with E-state index in [9.17, 15) is 0 Å². The Bertz CT molecular complexity index is 235. The zero-order valence-corrected chi connectivity index (χ0v) is 13.6. The average molecular weight is 415 g/mol. The first-order valence-corrected chi connectivity index (χ1v) is 6.33. The van der Waals surface area contributed by atoms with Crippen molar-refractivity contribution in [3.05, 3.63) is 48.6 Å². The molecule has 1 heterocycles. The summed E-state index contributed by atoms with van der Waals surface area (Å²) in [7, 11) is 2.42. The Morgan fingerprint density at radius 1 is 1.31 bits per heavy atom. The van der Waals surface area contributed by atoms with Crippen LogP contribution in [-0.2, 0) is 20.1 Å². The SMILES string of the molecule is CP.[CH3-].[Ir+3].[c-]1ccccc1C1CCCC[N-]1. The predicted molar refractivity (Wildman–Crippen MR) is 72.1 cm³/mol. The fourth-order valence-corrected chi connectivity index (χ4v) is 1.66. The standard InChI is InChI=1S/C11H13N.CH5P.CH3.Ir/c1-2-6-10(7-3-1)11-8-4-5-9-12-11;1-2;;/h1-3,6,11H,4-5,8-9H2;2H2,1H3;1H3;/q-2;;-1;+3. The van der Waals surface area contributed by atoms with Crippen molar-refractivity contribution < 1.29 is 20.1 Å². The monoisotopic (exact) mass is 415 g/mol. The van der Waals surface area contributed by atoms with E-state index in [-0.39, 0.29) is 27.5 Å². The molecule has 1 fully saturated rings.